The molecule has 3 heteroatoms. The standard InChI is InChI=1S/C13H17NO2/c1-11(15)13(12-5-3-2-4-6-12)14-7-9-16-10-8-14/h2-6,13H,7-10H2,1H3/p+1/t13-/m0/s1. The van der Waals surface area contributed by atoms with E-state index in [0.717, 1.165) is 31.9 Å². The van der Waals surface area contributed by atoms with Gasteiger partial charge in [-0.15, -0.1) is 0 Å². The second kappa shape index (κ2) is 5.23. The summed E-state index contributed by atoms with van der Waals surface area (Å²) in [6.07, 6.45) is 0. The zero-order chi connectivity index (χ0) is 11.4. The van der Waals surface area contributed by atoms with Crippen LogP contribution in [0.3, 0.4) is 0 Å². The van der Waals surface area contributed by atoms with Gasteiger partial charge in [-0.3, -0.25) is 4.79 Å². The third-order valence-corrected chi connectivity index (χ3v) is 3.08. The molecule has 1 saturated heterocycles. The minimum atomic E-state index is -0.0231. The maximum atomic E-state index is 11.8. The van der Waals surface area contributed by atoms with Gasteiger partial charge in [0.15, 0.2) is 11.8 Å². The Morgan fingerprint density at radius 3 is 2.44 bits per heavy atom. The Labute approximate surface area is 96.0 Å². The van der Waals surface area contributed by atoms with Crippen LogP contribution in [0, 0.1) is 0 Å². The minimum Gasteiger partial charge on any atom is -0.370 e. The van der Waals surface area contributed by atoms with Crippen LogP contribution in [0.25, 0.3) is 0 Å². The normalized spacial score (nSPS) is 19.3. The van der Waals surface area contributed by atoms with Gasteiger partial charge < -0.3 is 9.64 Å². The fraction of sp³-hybridized carbons (Fsp3) is 0.462. The van der Waals surface area contributed by atoms with E-state index in [2.05, 4.69) is 0 Å². The number of ketones is 1. The maximum Gasteiger partial charge on any atom is 0.191 e. The predicted octanol–water partition coefficient (Wildman–Crippen LogP) is 0.232. The Hall–Kier alpha value is -1.19. The van der Waals surface area contributed by atoms with Crippen molar-refractivity contribution in [1.82, 2.24) is 0 Å². The summed E-state index contributed by atoms with van der Waals surface area (Å²) in [7, 11) is 0. The average Bonchev–Trinajstić information content (AvgIpc) is 2.31. The molecule has 1 aliphatic heterocycles. The molecule has 1 atom stereocenters. The zero-order valence-corrected chi connectivity index (χ0v) is 9.61. The lowest BCUT2D eigenvalue weighted by atomic mass is 10.0. The number of benzene rings is 1. The first kappa shape index (κ1) is 11.3. The molecule has 1 N–H and O–H groups in total. The van der Waals surface area contributed by atoms with Crippen LogP contribution in [0.1, 0.15) is 18.5 Å². The number of carbonyl (C=O) groups is 1. The van der Waals surface area contributed by atoms with Crippen molar-refractivity contribution < 1.29 is 14.4 Å². The molecule has 1 heterocycles. The molecule has 0 spiro atoms. The molecule has 1 aromatic rings. The van der Waals surface area contributed by atoms with Gasteiger partial charge >= 0.3 is 0 Å². The maximum absolute atomic E-state index is 11.8. The van der Waals surface area contributed by atoms with E-state index in [1.807, 2.05) is 30.3 Å². The highest BCUT2D eigenvalue weighted by molar-refractivity contribution is 5.81. The molecular weight excluding hydrogens is 202 g/mol. The van der Waals surface area contributed by atoms with Crippen molar-refractivity contribution in [2.24, 2.45) is 0 Å². The third-order valence-electron chi connectivity index (χ3n) is 3.08. The summed E-state index contributed by atoms with van der Waals surface area (Å²) in [5.41, 5.74) is 1.12. The first-order chi connectivity index (χ1) is 7.79. The van der Waals surface area contributed by atoms with E-state index >= 15 is 0 Å². The van der Waals surface area contributed by atoms with Crippen molar-refractivity contribution in [2.45, 2.75) is 13.0 Å². The molecule has 0 saturated carbocycles. The van der Waals surface area contributed by atoms with Crippen molar-refractivity contribution in [3.63, 3.8) is 0 Å². The highest BCUT2D eigenvalue weighted by atomic mass is 16.5. The number of rotatable bonds is 3. The van der Waals surface area contributed by atoms with E-state index in [1.54, 1.807) is 6.92 Å². The van der Waals surface area contributed by atoms with Gasteiger partial charge in [0.05, 0.1) is 13.2 Å². The summed E-state index contributed by atoms with van der Waals surface area (Å²) in [5.74, 6) is 0.239. The van der Waals surface area contributed by atoms with Gasteiger partial charge in [-0.2, -0.15) is 0 Å². The Balaban J connectivity index is 2.20. The fourth-order valence-electron chi connectivity index (χ4n) is 2.33. The molecule has 2 rings (SSSR count). The monoisotopic (exact) mass is 220 g/mol. The predicted molar refractivity (Wildman–Crippen MR) is 61.4 cm³/mol. The highest BCUT2D eigenvalue weighted by Gasteiger charge is 2.29. The quantitative estimate of drug-likeness (QED) is 0.790. The van der Waals surface area contributed by atoms with Gasteiger partial charge in [0, 0.05) is 12.5 Å². The Kier molecular flexibility index (Phi) is 3.70. The first-order valence-corrected chi connectivity index (χ1v) is 5.77. The Morgan fingerprint density at radius 1 is 1.25 bits per heavy atom. The number of hydrogen-bond donors (Lipinski definition) is 1. The smallest absolute Gasteiger partial charge is 0.191 e. The lowest BCUT2D eigenvalue weighted by Crippen LogP contribution is -3.15. The van der Waals surface area contributed by atoms with Crippen molar-refractivity contribution in [3.8, 4) is 0 Å². The van der Waals surface area contributed by atoms with Crippen molar-refractivity contribution in [2.75, 3.05) is 26.3 Å². The molecule has 86 valence electrons. The molecule has 3 nitrogen and oxygen atoms in total. The highest BCUT2D eigenvalue weighted by Crippen LogP contribution is 2.10. The first-order valence-electron chi connectivity index (χ1n) is 5.77. The summed E-state index contributed by atoms with van der Waals surface area (Å²) >= 11 is 0. The molecule has 0 bridgehead atoms. The van der Waals surface area contributed by atoms with E-state index < -0.39 is 0 Å². The van der Waals surface area contributed by atoms with Gasteiger partial charge in [0.1, 0.15) is 13.1 Å². The van der Waals surface area contributed by atoms with Crippen molar-refractivity contribution >= 4 is 5.78 Å². The molecular formula is C13H18NO2+. The van der Waals surface area contributed by atoms with Crippen LogP contribution in [-0.4, -0.2) is 32.1 Å². The average molecular weight is 220 g/mol. The number of quaternary nitrogens is 1. The van der Waals surface area contributed by atoms with E-state index in [1.165, 1.54) is 4.90 Å². The summed E-state index contributed by atoms with van der Waals surface area (Å²) in [6, 6.07) is 10.0. The number of Topliss-reactive ketones (excluding diaryl/α,β-unsaturated/α-hetero) is 1. The number of ether oxygens (including phenoxy) is 1. The summed E-state index contributed by atoms with van der Waals surface area (Å²) in [4.78, 5) is 13.1. The molecule has 0 unspecified atom stereocenters. The van der Waals surface area contributed by atoms with Crippen molar-refractivity contribution in [1.29, 1.82) is 0 Å². The molecule has 1 aromatic carbocycles. The number of hydrogen-bond acceptors (Lipinski definition) is 2. The summed E-state index contributed by atoms with van der Waals surface area (Å²) < 4.78 is 5.33. The van der Waals surface area contributed by atoms with Crippen LogP contribution in [0.15, 0.2) is 30.3 Å². The Morgan fingerprint density at radius 2 is 1.88 bits per heavy atom. The lowest BCUT2D eigenvalue weighted by Gasteiger charge is -2.30. The van der Waals surface area contributed by atoms with E-state index in [9.17, 15) is 4.79 Å². The number of nitrogens with one attached hydrogen (secondary N) is 1. The zero-order valence-electron chi connectivity index (χ0n) is 9.61. The van der Waals surface area contributed by atoms with Gasteiger partial charge in [-0.1, -0.05) is 30.3 Å². The van der Waals surface area contributed by atoms with Crippen LogP contribution in [-0.2, 0) is 9.53 Å². The Bertz CT molecular complexity index is 344. The lowest BCUT2D eigenvalue weighted by molar-refractivity contribution is -0.929. The van der Waals surface area contributed by atoms with Gasteiger partial charge in [0.25, 0.3) is 0 Å². The second-order valence-electron chi connectivity index (χ2n) is 4.22. The van der Waals surface area contributed by atoms with Crippen LogP contribution in [0.4, 0.5) is 0 Å². The molecule has 16 heavy (non-hydrogen) atoms. The van der Waals surface area contributed by atoms with E-state index in [-0.39, 0.29) is 11.8 Å². The van der Waals surface area contributed by atoms with E-state index in [4.69, 9.17) is 4.74 Å². The number of morpholine rings is 1. The van der Waals surface area contributed by atoms with Crippen LogP contribution >= 0.6 is 0 Å². The van der Waals surface area contributed by atoms with E-state index in [0.29, 0.717) is 0 Å². The third kappa shape index (κ3) is 2.49. The largest absolute Gasteiger partial charge is 0.370 e. The molecule has 1 aliphatic rings. The molecule has 0 aliphatic carbocycles. The van der Waals surface area contributed by atoms with Gasteiger partial charge in [-0.05, 0) is 0 Å². The van der Waals surface area contributed by atoms with Crippen molar-refractivity contribution in [3.05, 3.63) is 35.9 Å². The van der Waals surface area contributed by atoms with Crippen LogP contribution in [0.2, 0.25) is 0 Å². The summed E-state index contributed by atoms with van der Waals surface area (Å²) in [5, 5.41) is 0. The summed E-state index contributed by atoms with van der Waals surface area (Å²) in [6.45, 7) is 5.02. The molecule has 0 radical (unpaired) electrons. The molecule has 0 aromatic heterocycles. The second-order valence-corrected chi connectivity index (χ2v) is 4.22. The molecule has 0 amide bonds. The van der Waals surface area contributed by atoms with Gasteiger partial charge in [0.2, 0.25) is 0 Å². The fourth-order valence-corrected chi connectivity index (χ4v) is 2.33. The number of carbonyl (C=O) groups excluding carboxylic acids is 1. The SMILES string of the molecule is CC(=O)[C@@H](c1ccccc1)[NH+]1CCOCC1. The van der Waals surface area contributed by atoms with Crippen LogP contribution in [0.5, 0.6) is 0 Å². The van der Waals surface area contributed by atoms with Gasteiger partial charge in [-0.25, -0.2) is 0 Å². The van der Waals surface area contributed by atoms with Crippen LogP contribution < -0.4 is 4.90 Å². The minimum absolute atomic E-state index is 0.0231. The topological polar surface area (TPSA) is 30.7 Å². The molecule has 1 fully saturated rings.